The zero-order valence-corrected chi connectivity index (χ0v) is 13.0. The Kier molecular flexibility index (Phi) is 5.62. The van der Waals surface area contributed by atoms with E-state index in [1.807, 2.05) is 38.1 Å². The summed E-state index contributed by atoms with van der Waals surface area (Å²) in [5, 5.41) is 3.11. The maximum absolute atomic E-state index is 12.3. The molecule has 0 heterocycles. The molecule has 4 heteroatoms. The van der Waals surface area contributed by atoms with Gasteiger partial charge in [0.05, 0.1) is 0 Å². The predicted molar refractivity (Wildman–Crippen MR) is 84.3 cm³/mol. The normalized spacial score (nSPS) is 23.4. The monoisotopic (exact) mass is 290 g/mol. The van der Waals surface area contributed by atoms with Gasteiger partial charge in [0.15, 0.2) is 6.10 Å². The van der Waals surface area contributed by atoms with Crippen LogP contribution in [0.4, 0.5) is 0 Å². The molecule has 1 saturated carbocycles. The molecule has 1 aromatic rings. The van der Waals surface area contributed by atoms with E-state index < -0.39 is 6.10 Å². The molecule has 0 saturated heterocycles. The largest absolute Gasteiger partial charge is 0.481 e. The summed E-state index contributed by atoms with van der Waals surface area (Å²) >= 11 is 0. The SMILES string of the molecule is CCC(Oc1cccc(C)c1)C(=O)NC1CCC(N)CC1. The maximum atomic E-state index is 12.3. The first-order valence-corrected chi connectivity index (χ1v) is 7.87. The lowest BCUT2D eigenvalue weighted by Gasteiger charge is -2.28. The number of hydrogen-bond donors (Lipinski definition) is 2. The summed E-state index contributed by atoms with van der Waals surface area (Å²) in [5.74, 6) is 0.738. The Hall–Kier alpha value is -1.55. The highest BCUT2D eigenvalue weighted by atomic mass is 16.5. The molecule has 4 nitrogen and oxygen atoms in total. The molecule has 1 fully saturated rings. The van der Waals surface area contributed by atoms with Crippen molar-refractivity contribution in [2.24, 2.45) is 5.73 Å². The predicted octanol–water partition coefficient (Wildman–Crippen LogP) is 2.54. The van der Waals surface area contributed by atoms with Crippen LogP contribution in [-0.4, -0.2) is 24.1 Å². The van der Waals surface area contributed by atoms with E-state index >= 15 is 0 Å². The summed E-state index contributed by atoms with van der Waals surface area (Å²) in [6.07, 6.45) is 4.14. The zero-order valence-electron chi connectivity index (χ0n) is 13.0. The number of amides is 1. The van der Waals surface area contributed by atoms with Crippen molar-refractivity contribution >= 4 is 5.91 Å². The summed E-state index contributed by atoms with van der Waals surface area (Å²) in [7, 11) is 0. The number of ether oxygens (including phenoxy) is 1. The fourth-order valence-electron chi connectivity index (χ4n) is 2.73. The van der Waals surface area contributed by atoms with Crippen molar-refractivity contribution in [2.75, 3.05) is 0 Å². The molecular weight excluding hydrogens is 264 g/mol. The molecule has 0 spiro atoms. The number of hydrogen-bond acceptors (Lipinski definition) is 3. The molecule has 1 aromatic carbocycles. The van der Waals surface area contributed by atoms with E-state index in [2.05, 4.69) is 5.32 Å². The van der Waals surface area contributed by atoms with Gasteiger partial charge in [-0.1, -0.05) is 19.1 Å². The molecule has 21 heavy (non-hydrogen) atoms. The Morgan fingerprint density at radius 1 is 1.38 bits per heavy atom. The van der Waals surface area contributed by atoms with Crippen LogP contribution >= 0.6 is 0 Å². The fourth-order valence-corrected chi connectivity index (χ4v) is 2.73. The molecular formula is C17H26N2O2. The molecule has 2 rings (SSSR count). The second-order valence-corrected chi connectivity index (χ2v) is 5.95. The lowest BCUT2D eigenvalue weighted by molar-refractivity contribution is -0.129. The Labute approximate surface area is 127 Å². The van der Waals surface area contributed by atoms with Gasteiger partial charge in [-0.3, -0.25) is 4.79 Å². The molecule has 1 amide bonds. The van der Waals surface area contributed by atoms with Gasteiger partial charge in [0.2, 0.25) is 0 Å². The van der Waals surface area contributed by atoms with Gasteiger partial charge in [0, 0.05) is 12.1 Å². The van der Waals surface area contributed by atoms with Gasteiger partial charge in [-0.15, -0.1) is 0 Å². The van der Waals surface area contributed by atoms with Crippen molar-refractivity contribution in [1.29, 1.82) is 0 Å². The Morgan fingerprint density at radius 3 is 2.71 bits per heavy atom. The highest BCUT2D eigenvalue weighted by molar-refractivity contribution is 5.81. The topological polar surface area (TPSA) is 64.3 Å². The molecule has 1 aliphatic carbocycles. The number of nitrogens with two attached hydrogens (primary N) is 1. The van der Waals surface area contributed by atoms with Crippen molar-refractivity contribution in [3.8, 4) is 5.75 Å². The van der Waals surface area contributed by atoms with Crippen LogP contribution in [0.5, 0.6) is 5.75 Å². The fraction of sp³-hybridized carbons (Fsp3) is 0.588. The quantitative estimate of drug-likeness (QED) is 0.876. The van der Waals surface area contributed by atoms with E-state index in [4.69, 9.17) is 10.5 Å². The first-order valence-electron chi connectivity index (χ1n) is 7.87. The van der Waals surface area contributed by atoms with Crippen LogP contribution in [0.25, 0.3) is 0 Å². The number of nitrogens with one attached hydrogen (secondary N) is 1. The average Bonchev–Trinajstić information content (AvgIpc) is 2.47. The summed E-state index contributed by atoms with van der Waals surface area (Å²) < 4.78 is 5.83. The van der Waals surface area contributed by atoms with Gasteiger partial charge in [-0.2, -0.15) is 0 Å². The Morgan fingerprint density at radius 2 is 2.10 bits per heavy atom. The van der Waals surface area contributed by atoms with Crippen molar-refractivity contribution in [1.82, 2.24) is 5.32 Å². The third-order valence-corrected chi connectivity index (χ3v) is 4.05. The molecule has 1 aliphatic rings. The van der Waals surface area contributed by atoms with Crippen LogP contribution in [0.2, 0.25) is 0 Å². The first kappa shape index (κ1) is 15.8. The second kappa shape index (κ2) is 7.46. The minimum Gasteiger partial charge on any atom is -0.481 e. The number of carbonyl (C=O) groups is 1. The van der Waals surface area contributed by atoms with Gasteiger partial charge < -0.3 is 15.8 Å². The molecule has 0 radical (unpaired) electrons. The number of rotatable bonds is 5. The third kappa shape index (κ3) is 4.74. The molecule has 1 atom stereocenters. The highest BCUT2D eigenvalue weighted by Crippen LogP contribution is 2.19. The van der Waals surface area contributed by atoms with Gasteiger partial charge in [-0.25, -0.2) is 0 Å². The number of benzene rings is 1. The van der Waals surface area contributed by atoms with Crippen molar-refractivity contribution < 1.29 is 9.53 Å². The number of aryl methyl sites for hydroxylation is 1. The van der Waals surface area contributed by atoms with Crippen molar-refractivity contribution in [2.45, 2.75) is 64.1 Å². The van der Waals surface area contributed by atoms with Crippen molar-refractivity contribution in [3.63, 3.8) is 0 Å². The van der Waals surface area contributed by atoms with E-state index in [1.165, 1.54) is 0 Å². The van der Waals surface area contributed by atoms with Crippen LogP contribution in [-0.2, 0) is 4.79 Å². The smallest absolute Gasteiger partial charge is 0.261 e. The van der Waals surface area contributed by atoms with Crippen LogP contribution in [0.3, 0.4) is 0 Å². The van der Waals surface area contributed by atoms with Crippen LogP contribution in [0, 0.1) is 6.92 Å². The minimum absolute atomic E-state index is 0.0144. The molecule has 0 aromatic heterocycles. The summed E-state index contributed by atoms with van der Waals surface area (Å²) in [5.41, 5.74) is 7.02. The summed E-state index contributed by atoms with van der Waals surface area (Å²) in [6, 6.07) is 8.34. The van der Waals surface area contributed by atoms with E-state index in [0.29, 0.717) is 12.5 Å². The molecule has 0 bridgehead atoms. The summed E-state index contributed by atoms with van der Waals surface area (Å²) in [4.78, 5) is 12.3. The Bertz CT molecular complexity index is 468. The zero-order chi connectivity index (χ0) is 15.2. The van der Waals surface area contributed by atoms with Gasteiger partial charge in [0.25, 0.3) is 5.91 Å². The molecule has 116 valence electrons. The van der Waals surface area contributed by atoms with Crippen LogP contribution < -0.4 is 15.8 Å². The molecule has 3 N–H and O–H groups in total. The second-order valence-electron chi connectivity index (χ2n) is 5.95. The van der Waals surface area contributed by atoms with Gasteiger partial charge >= 0.3 is 0 Å². The van der Waals surface area contributed by atoms with E-state index in [-0.39, 0.29) is 11.9 Å². The highest BCUT2D eigenvalue weighted by Gasteiger charge is 2.24. The van der Waals surface area contributed by atoms with Crippen molar-refractivity contribution in [3.05, 3.63) is 29.8 Å². The van der Waals surface area contributed by atoms with E-state index in [1.54, 1.807) is 0 Å². The molecule has 1 unspecified atom stereocenters. The standard InChI is InChI=1S/C17H26N2O2/c1-3-16(21-15-6-4-5-12(2)11-15)17(20)19-14-9-7-13(18)8-10-14/h4-6,11,13-14,16H,3,7-10,18H2,1-2H3,(H,19,20). The van der Waals surface area contributed by atoms with Crippen LogP contribution in [0.1, 0.15) is 44.6 Å². The van der Waals surface area contributed by atoms with Gasteiger partial charge in [0.1, 0.15) is 5.75 Å². The minimum atomic E-state index is -0.428. The third-order valence-electron chi connectivity index (χ3n) is 4.05. The average molecular weight is 290 g/mol. The number of carbonyl (C=O) groups excluding carboxylic acids is 1. The lowest BCUT2D eigenvalue weighted by Crippen LogP contribution is -2.46. The van der Waals surface area contributed by atoms with E-state index in [9.17, 15) is 4.79 Å². The van der Waals surface area contributed by atoms with Crippen LogP contribution in [0.15, 0.2) is 24.3 Å². The Balaban J connectivity index is 1.89. The lowest BCUT2D eigenvalue weighted by atomic mass is 9.91. The van der Waals surface area contributed by atoms with E-state index in [0.717, 1.165) is 37.0 Å². The summed E-state index contributed by atoms with van der Waals surface area (Å²) in [6.45, 7) is 3.98. The van der Waals surface area contributed by atoms with Gasteiger partial charge in [-0.05, 0) is 56.7 Å². The first-order chi connectivity index (χ1) is 10.1. The molecule has 0 aliphatic heterocycles. The maximum Gasteiger partial charge on any atom is 0.261 e.